The van der Waals surface area contributed by atoms with Gasteiger partial charge >= 0.3 is 0 Å². The number of hydrogen-bond donors (Lipinski definition) is 1. The molecular weight excluding hydrogens is 486 g/mol. The van der Waals surface area contributed by atoms with Crippen LogP contribution in [0.2, 0.25) is 10.0 Å². The molecule has 0 radical (unpaired) electrons. The van der Waals surface area contributed by atoms with Crippen molar-refractivity contribution in [1.82, 2.24) is 5.43 Å². The zero-order valence-electron chi connectivity index (χ0n) is 17.7. The Morgan fingerprint density at radius 3 is 2.61 bits per heavy atom. The number of hydrogen-bond acceptors (Lipinski definition) is 5. The molecule has 1 N–H and O–H groups in total. The van der Waals surface area contributed by atoms with Crippen LogP contribution in [0.4, 0.5) is 4.39 Å². The van der Waals surface area contributed by atoms with Gasteiger partial charge in [-0.05, 0) is 55.0 Å². The molecule has 3 rings (SSSR count). The van der Waals surface area contributed by atoms with Gasteiger partial charge in [0.05, 0.1) is 23.6 Å². The quantitative estimate of drug-likeness (QED) is 0.197. The molecule has 3 aromatic rings. The molecule has 0 aromatic heterocycles. The average molecular weight is 507 g/mol. The van der Waals surface area contributed by atoms with Crippen molar-refractivity contribution in [2.24, 2.45) is 5.10 Å². The first kappa shape index (κ1) is 24.9. The maximum Gasteiger partial charge on any atom is 0.250 e. The molecule has 172 valence electrons. The van der Waals surface area contributed by atoms with E-state index in [1.165, 1.54) is 24.0 Å². The fraction of sp³-hybridized carbons (Fsp3) is 0.167. The zero-order chi connectivity index (χ0) is 23.6. The lowest BCUT2D eigenvalue weighted by atomic mass is 10.2. The number of halogens is 3. The molecule has 0 aliphatic rings. The van der Waals surface area contributed by atoms with Crippen LogP contribution in [-0.4, -0.2) is 24.5 Å². The molecule has 3 aromatic carbocycles. The summed E-state index contributed by atoms with van der Waals surface area (Å²) in [6, 6.07) is 16.9. The van der Waals surface area contributed by atoms with Gasteiger partial charge in [-0.2, -0.15) is 5.10 Å². The van der Waals surface area contributed by atoms with Crippen molar-refractivity contribution in [3.05, 3.63) is 87.7 Å². The molecule has 0 atom stereocenters. The number of amides is 1. The maximum absolute atomic E-state index is 13.9. The molecule has 0 heterocycles. The number of ether oxygens (including phenoxy) is 2. The standard InChI is InChI=1S/C24H21Cl2FN2O3S/c1-2-31-22-12-16(11-20(26)24(22)32-14-17-5-3-4-6-21(17)27)13-28-29-23(30)15-33-19-9-7-18(25)8-10-19/h3-13H,2,14-15H2,1H3,(H,29,30)/b28-13-. The minimum atomic E-state index is -0.361. The van der Waals surface area contributed by atoms with Crippen molar-refractivity contribution in [2.75, 3.05) is 12.4 Å². The lowest BCUT2D eigenvalue weighted by Gasteiger charge is -2.14. The monoisotopic (exact) mass is 506 g/mol. The molecule has 5 nitrogen and oxygen atoms in total. The molecule has 0 aliphatic heterocycles. The van der Waals surface area contributed by atoms with Gasteiger partial charge in [0.2, 0.25) is 5.91 Å². The van der Waals surface area contributed by atoms with Crippen molar-refractivity contribution < 1.29 is 18.7 Å². The Bertz CT molecular complexity index is 1130. The van der Waals surface area contributed by atoms with Crippen LogP contribution < -0.4 is 14.9 Å². The third kappa shape index (κ3) is 7.67. The lowest BCUT2D eigenvalue weighted by molar-refractivity contribution is -0.118. The average Bonchev–Trinajstić information content (AvgIpc) is 2.79. The van der Waals surface area contributed by atoms with Crippen LogP contribution in [0, 0.1) is 5.82 Å². The summed E-state index contributed by atoms with van der Waals surface area (Å²) in [5.74, 6) is 0.287. The van der Waals surface area contributed by atoms with E-state index in [0.717, 1.165) is 4.90 Å². The third-order valence-electron chi connectivity index (χ3n) is 4.25. The van der Waals surface area contributed by atoms with Gasteiger partial charge < -0.3 is 9.47 Å². The van der Waals surface area contributed by atoms with Crippen LogP contribution in [0.3, 0.4) is 0 Å². The lowest BCUT2D eigenvalue weighted by Crippen LogP contribution is -2.19. The Morgan fingerprint density at radius 1 is 1.12 bits per heavy atom. The summed E-state index contributed by atoms with van der Waals surface area (Å²) in [6.07, 6.45) is 1.46. The SMILES string of the molecule is CCOc1cc(/C=N\NC(=O)CSc2ccc(Cl)cc2)cc(Cl)c1OCc1ccccc1F. The van der Waals surface area contributed by atoms with E-state index in [0.29, 0.717) is 34.3 Å². The first-order valence-electron chi connectivity index (χ1n) is 9.99. The van der Waals surface area contributed by atoms with Crippen LogP contribution in [0.15, 0.2) is 70.7 Å². The van der Waals surface area contributed by atoms with E-state index >= 15 is 0 Å². The van der Waals surface area contributed by atoms with Crippen LogP contribution >= 0.6 is 35.0 Å². The van der Waals surface area contributed by atoms with E-state index in [-0.39, 0.29) is 29.1 Å². The second-order valence-corrected chi connectivity index (χ2v) is 8.57. The van der Waals surface area contributed by atoms with Gasteiger partial charge in [-0.3, -0.25) is 4.79 Å². The van der Waals surface area contributed by atoms with Crippen LogP contribution in [-0.2, 0) is 11.4 Å². The molecule has 0 unspecified atom stereocenters. The summed E-state index contributed by atoms with van der Waals surface area (Å²) >= 11 is 13.6. The number of rotatable bonds is 10. The second-order valence-electron chi connectivity index (χ2n) is 6.68. The van der Waals surface area contributed by atoms with E-state index < -0.39 is 0 Å². The van der Waals surface area contributed by atoms with Crippen molar-refractivity contribution in [3.8, 4) is 11.5 Å². The Hall–Kier alpha value is -2.74. The summed E-state index contributed by atoms with van der Waals surface area (Å²) in [6.45, 7) is 2.21. The number of hydrazone groups is 1. The molecule has 0 bridgehead atoms. The Labute approximate surface area is 205 Å². The normalized spacial score (nSPS) is 10.9. The first-order valence-corrected chi connectivity index (χ1v) is 11.7. The number of nitrogens with one attached hydrogen (secondary N) is 1. The third-order valence-corrected chi connectivity index (χ3v) is 5.79. The Kier molecular flexibility index (Phi) is 9.42. The van der Waals surface area contributed by atoms with E-state index in [4.69, 9.17) is 32.7 Å². The van der Waals surface area contributed by atoms with Crippen molar-refractivity contribution >= 4 is 47.1 Å². The topological polar surface area (TPSA) is 59.9 Å². The van der Waals surface area contributed by atoms with Gasteiger partial charge in [0, 0.05) is 15.5 Å². The molecule has 0 spiro atoms. The van der Waals surface area contributed by atoms with Gasteiger partial charge in [0.25, 0.3) is 0 Å². The summed E-state index contributed by atoms with van der Waals surface area (Å²) in [5.41, 5.74) is 3.49. The fourth-order valence-corrected chi connectivity index (χ4v) is 3.81. The molecule has 0 fully saturated rings. The molecule has 33 heavy (non-hydrogen) atoms. The van der Waals surface area contributed by atoms with Crippen LogP contribution in [0.5, 0.6) is 11.5 Å². The van der Waals surface area contributed by atoms with Gasteiger partial charge in [0.1, 0.15) is 12.4 Å². The minimum Gasteiger partial charge on any atom is -0.490 e. The fourth-order valence-electron chi connectivity index (χ4n) is 2.72. The maximum atomic E-state index is 13.9. The van der Waals surface area contributed by atoms with Gasteiger partial charge in [-0.1, -0.05) is 41.4 Å². The Morgan fingerprint density at radius 2 is 1.88 bits per heavy atom. The highest BCUT2D eigenvalue weighted by atomic mass is 35.5. The van der Waals surface area contributed by atoms with Crippen molar-refractivity contribution in [2.45, 2.75) is 18.4 Å². The second kappa shape index (κ2) is 12.5. The summed E-state index contributed by atoms with van der Waals surface area (Å²) in [7, 11) is 0. The highest BCUT2D eigenvalue weighted by molar-refractivity contribution is 8.00. The highest BCUT2D eigenvalue weighted by Crippen LogP contribution is 2.37. The summed E-state index contributed by atoms with van der Waals surface area (Å²) in [4.78, 5) is 13.0. The Balaban J connectivity index is 1.61. The van der Waals surface area contributed by atoms with Crippen molar-refractivity contribution in [3.63, 3.8) is 0 Å². The number of thioether (sulfide) groups is 1. The van der Waals surface area contributed by atoms with Crippen LogP contribution in [0.25, 0.3) is 0 Å². The number of carbonyl (C=O) groups excluding carboxylic acids is 1. The first-order chi connectivity index (χ1) is 16.0. The van der Waals surface area contributed by atoms with Gasteiger partial charge in [-0.25, -0.2) is 9.82 Å². The largest absolute Gasteiger partial charge is 0.490 e. The molecule has 0 saturated carbocycles. The summed E-state index contributed by atoms with van der Waals surface area (Å²) < 4.78 is 25.3. The van der Waals surface area contributed by atoms with Crippen molar-refractivity contribution in [1.29, 1.82) is 0 Å². The van der Waals surface area contributed by atoms with Crippen LogP contribution in [0.1, 0.15) is 18.1 Å². The number of nitrogens with zero attached hydrogens (tertiary/aromatic N) is 1. The molecule has 0 saturated heterocycles. The molecule has 0 aliphatic carbocycles. The molecular formula is C24H21Cl2FN2O3S. The van der Waals surface area contributed by atoms with E-state index in [2.05, 4.69) is 10.5 Å². The van der Waals surface area contributed by atoms with Gasteiger partial charge in [0.15, 0.2) is 11.5 Å². The van der Waals surface area contributed by atoms with E-state index in [1.54, 1.807) is 42.5 Å². The minimum absolute atomic E-state index is 0.00124. The highest BCUT2D eigenvalue weighted by Gasteiger charge is 2.13. The number of carbonyl (C=O) groups is 1. The van der Waals surface area contributed by atoms with E-state index in [1.807, 2.05) is 19.1 Å². The smallest absolute Gasteiger partial charge is 0.250 e. The molecule has 9 heteroatoms. The predicted octanol–water partition coefficient (Wildman–Crippen LogP) is 6.35. The van der Waals surface area contributed by atoms with Gasteiger partial charge in [-0.15, -0.1) is 11.8 Å². The molecule has 1 amide bonds. The summed E-state index contributed by atoms with van der Waals surface area (Å²) in [5, 5.41) is 4.90. The zero-order valence-corrected chi connectivity index (χ0v) is 20.0. The predicted molar refractivity (Wildman–Crippen MR) is 131 cm³/mol. The van der Waals surface area contributed by atoms with E-state index in [9.17, 15) is 9.18 Å². The number of benzene rings is 3.